The fourth-order valence-electron chi connectivity index (χ4n) is 1.78. The van der Waals surface area contributed by atoms with Crippen LogP contribution in [0.3, 0.4) is 0 Å². The van der Waals surface area contributed by atoms with E-state index < -0.39 is 22.2 Å². The van der Waals surface area contributed by atoms with Gasteiger partial charge >= 0.3 is 5.97 Å². The third kappa shape index (κ3) is 3.91. The summed E-state index contributed by atoms with van der Waals surface area (Å²) in [7, 11) is -3.65. The van der Waals surface area contributed by atoms with Crippen LogP contribution in [0.25, 0.3) is 0 Å². The molecule has 18 heavy (non-hydrogen) atoms. The minimum atomic E-state index is -3.65. The fraction of sp³-hybridized carbons (Fsp3) is 0.900. The highest BCUT2D eigenvalue weighted by Crippen LogP contribution is 2.10. The predicted octanol–water partition coefficient (Wildman–Crippen LogP) is -0.934. The van der Waals surface area contributed by atoms with Crippen molar-refractivity contribution in [1.29, 1.82) is 0 Å². The number of hydrogen-bond acceptors (Lipinski definition) is 5. The molecule has 0 aromatic rings. The molecule has 0 saturated carbocycles. The molecule has 1 saturated heterocycles. The largest absolute Gasteiger partial charge is 0.465 e. The van der Waals surface area contributed by atoms with Gasteiger partial charge < -0.3 is 10.1 Å². The van der Waals surface area contributed by atoms with Crippen LogP contribution < -0.4 is 10.0 Å². The van der Waals surface area contributed by atoms with E-state index in [0.717, 1.165) is 0 Å². The number of nitrogens with one attached hydrogen (secondary N) is 2. The van der Waals surface area contributed by atoms with Gasteiger partial charge in [-0.2, -0.15) is 17.4 Å². The average molecular weight is 279 g/mol. The molecule has 0 amide bonds. The first-order valence-electron chi connectivity index (χ1n) is 6.05. The van der Waals surface area contributed by atoms with Crippen LogP contribution >= 0.6 is 0 Å². The molecule has 1 heterocycles. The van der Waals surface area contributed by atoms with Crippen molar-refractivity contribution in [1.82, 2.24) is 14.3 Å². The Morgan fingerprint density at radius 2 is 2.22 bits per heavy atom. The van der Waals surface area contributed by atoms with E-state index in [1.807, 2.05) is 0 Å². The van der Waals surface area contributed by atoms with E-state index in [1.54, 1.807) is 20.8 Å². The summed E-state index contributed by atoms with van der Waals surface area (Å²) in [5, 5.41) is 2.99. The van der Waals surface area contributed by atoms with Gasteiger partial charge in [0.25, 0.3) is 10.2 Å². The zero-order valence-corrected chi connectivity index (χ0v) is 11.8. The molecule has 1 aliphatic rings. The highest BCUT2D eigenvalue weighted by Gasteiger charge is 2.37. The average Bonchev–Trinajstić information content (AvgIpc) is 2.27. The van der Waals surface area contributed by atoms with E-state index in [2.05, 4.69) is 10.0 Å². The van der Waals surface area contributed by atoms with E-state index in [1.165, 1.54) is 4.31 Å². The second-order valence-electron chi connectivity index (χ2n) is 4.36. The minimum absolute atomic E-state index is 0.215. The first-order chi connectivity index (χ1) is 8.38. The summed E-state index contributed by atoms with van der Waals surface area (Å²) in [6.07, 6.45) is 0. The number of carbonyl (C=O) groups excluding carboxylic acids is 1. The maximum Gasteiger partial charge on any atom is 0.325 e. The van der Waals surface area contributed by atoms with Gasteiger partial charge in [-0.15, -0.1) is 0 Å². The molecule has 1 fully saturated rings. The Morgan fingerprint density at radius 1 is 1.56 bits per heavy atom. The van der Waals surface area contributed by atoms with E-state index in [0.29, 0.717) is 6.54 Å². The van der Waals surface area contributed by atoms with E-state index in [4.69, 9.17) is 4.74 Å². The summed E-state index contributed by atoms with van der Waals surface area (Å²) >= 11 is 0. The fourth-order valence-corrected chi connectivity index (χ4v) is 3.34. The number of ether oxygens (including phenoxy) is 1. The molecule has 1 atom stereocenters. The van der Waals surface area contributed by atoms with Crippen LogP contribution in [-0.2, 0) is 19.7 Å². The third-order valence-electron chi connectivity index (χ3n) is 2.45. The van der Waals surface area contributed by atoms with Crippen molar-refractivity contribution in [3.8, 4) is 0 Å². The minimum Gasteiger partial charge on any atom is -0.465 e. The molecule has 1 unspecified atom stereocenters. The SMILES string of the molecule is CCOC(=O)C1CNCCN1S(=O)(=O)NC(C)C. The Bertz CT molecular complexity index is 383. The van der Waals surface area contributed by atoms with Gasteiger partial charge in [-0.1, -0.05) is 0 Å². The van der Waals surface area contributed by atoms with Crippen LogP contribution in [0.15, 0.2) is 0 Å². The Morgan fingerprint density at radius 3 is 2.78 bits per heavy atom. The number of nitrogens with zero attached hydrogens (tertiary/aromatic N) is 1. The second-order valence-corrected chi connectivity index (χ2v) is 6.02. The molecule has 0 aliphatic carbocycles. The van der Waals surface area contributed by atoms with Crippen molar-refractivity contribution in [2.75, 3.05) is 26.2 Å². The summed E-state index contributed by atoms with van der Waals surface area (Å²) in [5.74, 6) is -0.515. The molecular formula is C10H21N3O4S. The Balaban J connectivity index is 2.85. The van der Waals surface area contributed by atoms with Gasteiger partial charge in [0.1, 0.15) is 6.04 Å². The van der Waals surface area contributed by atoms with Crippen LogP contribution in [0.4, 0.5) is 0 Å². The molecule has 1 aliphatic heterocycles. The number of carbonyl (C=O) groups is 1. The lowest BCUT2D eigenvalue weighted by Gasteiger charge is -2.33. The van der Waals surface area contributed by atoms with Gasteiger partial charge in [-0.25, -0.2) is 0 Å². The number of esters is 1. The Hall–Kier alpha value is -0.700. The summed E-state index contributed by atoms with van der Waals surface area (Å²) in [5.41, 5.74) is 0. The summed E-state index contributed by atoms with van der Waals surface area (Å²) in [6.45, 7) is 6.46. The molecule has 1 rings (SSSR count). The van der Waals surface area contributed by atoms with Crippen LogP contribution in [0, 0.1) is 0 Å². The standard InChI is InChI=1S/C10H21N3O4S/c1-4-17-10(14)9-7-11-5-6-13(9)18(15,16)12-8(2)3/h8-9,11-12H,4-7H2,1-3H3. The quantitative estimate of drug-likeness (QED) is 0.635. The maximum atomic E-state index is 12.1. The van der Waals surface area contributed by atoms with E-state index >= 15 is 0 Å². The molecule has 8 heteroatoms. The number of piperazine rings is 1. The molecule has 2 N–H and O–H groups in total. The molecule has 0 bridgehead atoms. The second kappa shape index (κ2) is 6.46. The van der Waals surface area contributed by atoms with Gasteiger partial charge in [0.2, 0.25) is 0 Å². The van der Waals surface area contributed by atoms with Crippen LogP contribution in [0.5, 0.6) is 0 Å². The third-order valence-corrected chi connectivity index (χ3v) is 4.27. The van der Waals surface area contributed by atoms with Crippen molar-refractivity contribution in [3.05, 3.63) is 0 Å². The number of rotatable bonds is 5. The van der Waals surface area contributed by atoms with E-state index in [-0.39, 0.29) is 25.7 Å². The zero-order chi connectivity index (χ0) is 13.8. The smallest absolute Gasteiger partial charge is 0.325 e. The van der Waals surface area contributed by atoms with E-state index in [9.17, 15) is 13.2 Å². The van der Waals surface area contributed by atoms with Gasteiger partial charge in [-0.05, 0) is 20.8 Å². The molecule has 0 spiro atoms. The molecular weight excluding hydrogens is 258 g/mol. The zero-order valence-electron chi connectivity index (χ0n) is 11.0. The lowest BCUT2D eigenvalue weighted by Crippen LogP contribution is -2.60. The van der Waals surface area contributed by atoms with Crippen LogP contribution in [-0.4, -0.2) is 57.0 Å². The summed E-state index contributed by atoms with van der Waals surface area (Å²) in [4.78, 5) is 11.7. The normalized spacial score (nSPS) is 22.1. The molecule has 0 aromatic carbocycles. The monoisotopic (exact) mass is 279 g/mol. The van der Waals surface area contributed by atoms with Gasteiger partial charge in [0, 0.05) is 25.7 Å². The van der Waals surface area contributed by atoms with Crippen LogP contribution in [0.1, 0.15) is 20.8 Å². The van der Waals surface area contributed by atoms with Crippen molar-refractivity contribution in [2.45, 2.75) is 32.9 Å². The first-order valence-corrected chi connectivity index (χ1v) is 7.49. The molecule has 106 valence electrons. The van der Waals surface area contributed by atoms with Crippen LogP contribution in [0.2, 0.25) is 0 Å². The van der Waals surface area contributed by atoms with Crippen molar-refractivity contribution < 1.29 is 17.9 Å². The Labute approximate surface area is 108 Å². The predicted molar refractivity (Wildman–Crippen MR) is 67.2 cm³/mol. The summed E-state index contributed by atoms with van der Waals surface area (Å²) in [6, 6.07) is -1.01. The summed E-state index contributed by atoms with van der Waals surface area (Å²) < 4.78 is 32.7. The van der Waals surface area contributed by atoms with Gasteiger partial charge in [-0.3, -0.25) is 4.79 Å². The topological polar surface area (TPSA) is 87.7 Å². The molecule has 0 radical (unpaired) electrons. The number of hydrogen-bond donors (Lipinski definition) is 2. The van der Waals surface area contributed by atoms with Crippen molar-refractivity contribution in [3.63, 3.8) is 0 Å². The highest BCUT2D eigenvalue weighted by atomic mass is 32.2. The molecule has 0 aromatic heterocycles. The maximum absolute atomic E-state index is 12.1. The van der Waals surface area contributed by atoms with Gasteiger partial charge in [0.15, 0.2) is 0 Å². The molecule has 7 nitrogen and oxygen atoms in total. The van der Waals surface area contributed by atoms with Gasteiger partial charge in [0.05, 0.1) is 6.61 Å². The van der Waals surface area contributed by atoms with Crippen molar-refractivity contribution in [2.24, 2.45) is 0 Å². The lowest BCUT2D eigenvalue weighted by molar-refractivity contribution is -0.148. The highest BCUT2D eigenvalue weighted by molar-refractivity contribution is 7.87. The lowest BCUT2D eigenvalue weighted by atomic mass is 10.2. The Kier molecular flexibility index (Phi) is 5.51. The first kappa shape index (κ1) is 15.4. The van der Waals surface area contributed by atoms with Crippen molar-refractivity contribution >= 4 is 16.2 Å².